The maximum atomic E-state index is 9.27. The van der Waals surface area contributed by atoms with Crippen LogP contribution >= 0.6 is 0 Å². The van der Waals surface area contributed by atoms with E-state index in [-0.39, 0.29) is 12.6 Å². The minimum atomic E-state index is 0.139. The van der Waals surface area contributed by atoms with E-state index in [0.717, 1.165) is 34.4 Å². The van der Waals surface area contributed by atoms with E-state index in [0.29, 0.717) is 36.5 Å². The van der Waals surface area contributed by atoms with Gasteiger partial charge in [0.1, 0.15) is 17.3 Å². The first kappa shape index (κ1) is 23.6. The molecule has 0 saturated heterocycles. The van der Waals surface area contributed by atoms with Crippen LogP contribution in [0, 0.1) is 12.8 Å². The maximum absolute atomic E-state index is 9.27. The topological polar surface area (TPSA) is 121 Å². The summed E-state index contributed by atoms with van der Waals surface area (Å²) < 4.78 is 2.00. The summed E-state index contributed by atoms with van der Waals surface area (Å²) in [6.07, 6.45) is 6.05. The van der Waals surface area contributed by atoms with Gasteiger partial charge in [0, 0.05) is 49.6 Å². The summed E-state index contributed by atoms with van der Waals surface area (Å²) >= 11 is 0. The fourth-order valence-corrected chi connectivity index (χ4v) is 3.94. The predicted octanol–water partition coefficient (Wildman–Crippen LogP) is 4.09. The van der Waals surface area contributed by atoms with Crippen molar-refractivity contribution in [3.05, 3.63) is 36.3 Å². The average molecular weight is 464 g/mol. The van der Waals surface area contributed by atoms with Crippen molar-refractivity contribution in [1.82, 2.24) is 34.9 Å². The van der Waals surface area contributed by atoms with Crippen LogP contribution in [-0.2, 0) is 0 Å². The van der Waals surface area contributed by atoms with Crippen LogP contribution in [0.4, 0.5) is 17.6 Å². The number of aryl methyl sites for hydroxylation is 1. The van der Waals surface area contributed by atoms with E-state index in [1.165, 1.54) is 0 Å². The molecule has 0 saturated carbocycles. The highest BCUT2D eigenvalue weighted by atomic mass is 16.3. The second-order valence-corrected chi connectivity index (χ2v) is 9.19. The molecule has 0 bridgehead atoms. The van der Waals surface area contributed by atoms with E-state index in [4.69, 9.17) is 10.1 Å². The summed E-state index contributed by atoms with van der Waals surface area (Å²) in [6.45, 7) is 12.2. The van der Waals surface area contributed by atoms with Crippen molar-refractivity contribution in [2.75, 3.05) is 29.9 Å². The Morgan fingerprint density at radius 1 is 1.15 bits per heavy atom. The van der Waals surface area contributed by atoms with Crippen LogP contribution in [-0.4, -0.2) is 59.7 Å². The van der Waals surface area contributed by atoms with Crippen molar-refractivity contribution in [3.8, 4) is 11.4 Å². The molecule has 4 heterocycles. The van der Waals surface area contributed by atoms with Crippen LogP contribution in [0.1, 0.15) is 45.7 Å². The third-order valence-corrected chi connectivity index (χ3v) is 5.50. The standard InChI is InChI=1S/C24H33N9O/c1-15(2)14-32(9-6-10-34)24-25-8-7-20(29-24)28-21-11-19-18(13-26-21)23(31-33(19)16(3)4)22-17(5)12-27-30-22/h7-8,11-13,15-16,34H,6,9-10,14H2,1-5H3,(H,27,30)(H,25,26,28,29). The molecule has 180 valence electrons. The number of hydrogen-bond acceptors (Lipinski definition) is 8. The minimum Gasteiger partial charge on any atom is -0.396 e. The van der Waals surface area contributed by atoms with Crippen molar-refractivity contribution >= 4 is 28.5 Å². The highest BCUT2D eigenvalue weighted by molar-refractivity contribution is 5.93. The lowest BCUT2D eigenvalue weighted by Gasteiger charge is -2.24. The van der Waals surface area contributed by atoms with Gasteiger partial charge in [0.25, 0.3) is 0 Å². The van der Waals surface area contributed by atoms with Crippen molar-refractivity contribution < 1.29 is 5.11 Å². The number of fused-ring (bicyclic) bond motifs is 1. The number of pyridine rings is 1. The zero-order valence-corrected chi connectivity index (χ0v) is 20.4. The van der Waals surface area contributed by atoms with Gasteiger partial charge in [0.2, 0.25) is 5.95 Å². The first-order chi connectivity index (χ1) is 16.4. The molecule has 0 amide bonds. The molecule has 0 unspecified atom stereocenters. The van der Waals surface area contributed by atoms with Crippen molar-refractivity contribution in [2.45, 2.75) is 47.1 Å². The highest BCUT2D eigenvalue weighted by Crippen LogP contribution is 2.31. The number of nitrogens with zero attached hydrogens (tertiary/aromatic N) is 7. The Bertz CT molecular complexity index is 1240. The van der Waals surface area contributed by atoms with Crippen molar-refractivity contribution in [3.63, 3.8) is 0 Å². The summed E-state index contributed by atoms with van der Waals surface area (Å²) in [5.74, 6) is 2.43. The van der Waals surface area contributed by atoms with E-state index < -0.39 is 0 Å². The van der Waals surface area contributed by atoms with Gasteiger partial charge in [-0.15, -0.1) is 0 Å². The van der Waals surface area contributed by atoms with Crippen LogP contribution in [0.15, 0.2) is 30.7 Å². The molecule has 0 fully saturated rings. The van der Waals surface area contributed by atoms with Gasteiger partial charge in [-0.05, 0) is 44.7 Å². The third-order valence-electron chi connectivity index (χ3n) is 5.50. The van der Waals surface area contributed by atoms with Crippen molar-refractivity contribution in [2.24, 2.45) is 5.92 Å². The number of rotatable bonds is 10. The van der Waals surface area contributed by atoms with Gasteiger partial charge in [-0.25, -0.2) is 9.97 Å². The average Bonchev–Trinajstić information content (AvgIpc) is 3.39. The summed E-state index contributed by atoms with van der Waals surface area (Å²) in [6, 6.07) is 4.00. The summed E-state index contributed by atoms with van der Waals surface area (Å²) in [7, 11) is 0. The zero-order chi connectivity index (χ0) is 24.2. The summed E-state index contributed by atoms with van der Waals surface area (Å²) in [4.78, 5) is 15.9. The molecule has 4 aromatic rings. The molecule has 0 atom stereocenters. The molecule has 0 radical (unpaired) electrons. The van der Waals surface area contributed by atoms with Gasteiger partial charge in [0.05, 0.1) is 17.4 Å². The van der Waals surface area contributed by atoms with Gasteiger partial charge in [-0.2, -0.15) is 15.2 Å². The van der Waals surface area contributed by atoms with Gasteiger partial charge in [-0.3, -0.25) is 9.78 Å². The summed E-state index contributed by atoms with van der Waals surface area (Å²) in [5, 5.41) is 25.6. The van der Waals surface area contributed by atoms with E-state index in [1.54, 1.807) is 12.4 Å². The fourth-order valence-electron chi connectivity index (χ4n) is 3.94. The number of hydrogen-bond donors (Lipinski definition) is 3. The number of nitrogens with one attached hydrogen (secondary N) is 2. The van der Waals surface area contributed by atoms with E-state index in [9.17, 15) is 5.11 Å². The van der Waals surface area contributed by atoms with Gasteiger partial charge in [-0.1, -0.05) is 13.8 Å². The van der Waals surface area contributed by atoms with Gasteiger partial charge in [0.15, 0.2) is 0 Å². The number of aromatic amines is 1. The first-order valence-corrected chi connectivity index (χ1v) is 11.7. The zero-order valence-electron chi connectivity index (χ0n) is 20.4. The monoisotopic (exact) mass is 463 g/mol. The van der Waals surface area contributed by atoms with Gasteiger partial charge >= 0.3 is 0 Å². The van der Waals surface area contributed by atoms with Crippen LogP contribution in [0.3, 0.4) is 0 Å². The Hall–Kier alpha value is -3.53. The second kappa shape index (κ2) is 10.2. The Morgan fingerprint density at radius 2 is 1.97 bits per heavy atom. The lowest BCUT2D eigenvalue weighted by molar-refractivity contribution is 0.288. The molecule has 0 aliphatic rings. The SMILES string of the molecule is Cc1cn[nH]c1-c1nn(C(C)C)c2cc(Nc3ccnc(N(CCCO)CC(C)C)n3)ncc12. The third kappa shape index (κ3) is 5.01. The Morgan fingerprint density at radius 3 is 2.65 bits per heavy atom. The number of aliphatic hydroxyl groups excluding tert-OH is 1. The lowest BCUT2D eigenvalue weighted by atomic mass is 10.1. The molecule has 10 nitrogen and oxygen atoms in total. The van der Waals surface area contributed by atoms with E-state index >= 15 is 0 Å². The molecule has 4 aromatic heterocycles. The normalized spacial score (nSPS) is 11.6. The van der Waals surface area contributed by atoms with Crippen LogP contribution in [0.25, 0.3) is 22.3 Å². The lowest BCUT2D eigenvalue weighted by Crippen LogP contribution is -2.31. The van der Waals surface area contributed by atoms with E-state index in [2.05, 4.69) is 58.1 Å². The molecule has 0 aromatic carbocycles. The fraction of sp³-hybridized carbons (Fsp3) is 0.458. The molecular formula is C24H33N9O. The molecule has 0 aliphatic carbocycles. The largest absolute Gasteiger partial charge is 0.396 e. The first-order valence-electron chi connectivity index (χ1n) is 11.7. The number of aliphatic hydroxyl groups is 1. The Kier molecular flexibility index (Phi) is 7.06. The molecule has 4 rings (SSSR count). The Labute approximate surface area is 199 Å². The predicted molar refractivity (Wildman–Crippen MR) is 134 cm³/mol. The molecule has 0 aliphatic heterocycles. The molecule has 0 spiro atoms. The second-order valence-electron chi connectivity index (χ2n) is 9.19. The molecule has 34 heavy (non-hydrogen) atoms. The summed E-state index contributed by atoms with van der Waals surface area (Å²) in [5.41, 5.74) is 3.77. The maximum Gasteiger partial charge on any atom is 0.227 e. The molecule has 3 N–H and O–H groups in total. The quantitative estimate of drug-likeness (QED) is 0.322. The van der Waals surface area contributed by atoms with Crippen LogP contribution in [0.5, 0.6) is 0 Å². The highest BCUT2D eigenvalue weighted by Gasteiger charge is 2.18. The molecular weight excluding hydrogens is 430 g/mol. The van der Waals surface area contributed by atoms with Crippen LogP contribution in [0.2, 0.25) is 0 Å². The number of anilines is 3. The smallest absolute Gasteiger partial charge is 0.227 e. The molecule has 10 heteroatoms. The number of aromatic nitrogens is 7. The Balaban J connectivity index is 1.66. The van der Waals surface area contributed by atoms with Crippen LogP contribution < -0.4 is 10.2 Å². The van der Waals surface area contributed by atoms with E-state index in [1.807, 2.05) is 29.9 Å². The van der Waals surface area contributed by atoms with Gasteiger partial charge < -0.3 is 15.3 Å². The number of H-pyrrole nitrogens is 1. The minimum absolute atomic E-state index is 0.139. The van der Waals surface area contributed by atoms with Crippen molar-refractivity contribution in [1.29, 1.82) is 0 Å².